The molecule has 18 heavy (non-hydrogen) atoms. The van der Waals surface area contributed by atoms with E-state index in [-0.39, 0.29) is 5.69 Å². The Balaban J connectivity index is 2.47. The molecule has 0 unspecified atom stereocenters. The number of hydrogen-bond donors (Lipinski definition) is 1. The predicted octanol–water partition coefficient (Wildman–Crippen LogP) is 3.63. The van der Waals surface area contributed by atoms with Gasteiger partial charge in [0.1, 0.15) is 0 Å². The largest absolute Gasteiger partial charge is 0.396 e. The van der Waals surface area contributed by atoms with Crippen molar-refractivity contribution < 1.29 is 4.39 Å². The molecule has 0 fully saturated rings. The van der Waals surface area contributed by atoms with Crippen molar-refractivity contribution in [3.05, 3.63) is 63.4 Å². The highest BCUT2D eigenvalue weighted by Crippen LogP contribution is 2.27. The quantitative estimate of drug-likeness (QED) is 0.861. The molecular formula is C14H10BrFN2. The number of benzene rings is 2. The summed E-state index contributed by atoms with van der Waals surface area (Å²) in [4.78, 5) is 0. The van der Waals surface area contributed by atoms with E-state index in [1.54, 1.807) is 18.2 Å². The maximum atomic E-state index is 13.9. The molecule has 0 aromatic heterocycles. The summed E-state index contributed by atoms with van der Waals surface area (Å²) < 4.78 is 14.6. The molecule has 2 aromatic rings. The van der Waals surface area contributed by atoms with Crippen LogP contribution in [0.15, 0.2) is 40.9 Å². The molecule has 2 aromatic carbocycles. The lowest BCUT2D eigenvalue weighted by Crippen LogP contribution is -2.00. The van der Waals surface area contributed by atoms with Gasteiger partial charge in [-0.2, -0.15) is 5.26 Å². The summed E-state index contributed by atoms with van der Waals surface area (Å²) in [6.45, 7) is 0. The standard InChI is InChI=1S/C14H10BrFN2/c15-12-5-6-13(18)14(16)11(12)7-9-3-1-2-4-10(9)8-17/h1-6H,7,18H2. The summed E-state index contributed by atoms with van der Waals surface area (Å²) in [6.07, 6.45) is 0.335. The molecule has 0 atom stereocenters. The van der Waals surface area contributed by atoms with Gasteiger partial charge in [-0.1, -0.05) is 34.1 Å². The minimum atomic E-state index is -0.433. The fourth-order valence-electron chi connectivity index (χ4n) is 1.75. The highest BCUT2D eigenvalue weighted by atomic mass is 79.9. The van der Waals surface area contributed by atoms with Crippen LogP contribution in [0.1, 0.15) is 16.7 Å². The Morgan fingerprint density at radius 3 is 2.67 bits per heavy atom. The smallest absolute Gasteiger partial charge is 0.150 e. The van der Waals surface area contributed by atoms with Gasteiger partial charge in [0.2, 0.25) is 0 Å². The molecule has 0 saturated carbocycles. The van der Waals surface area contributed by atoms with Crippen LogP contribution < -0.4 is 5.73 Å². The maximum Gasteiger partial charge on any atom is 0.150 e. The minimum Gasteiger partial charge on any atom is -0.396 e. The topological polar surface area (TPSA) is 49.8 Å². The van der Waals surface area contributed by atoms with E-state index in [0.29, 0.717) is 22.0 Å². The lowest BCUT2D eigenvalue weighted by atomic mass is 10.00. The molecule has 0 amide bonds. The third-order valence-electron chi connectivity index (χ3n) is 2.72. The second kappa shape index (κ2) is 5.19. The zero-order valence-corrected chi connectivity index (χ0v) is 11.0. The van der Waals surface area contributed by atoms with E-state index >= 15 is 0 Å². The van der Waals surface area contributed by atoms with E-state index in [2.05, 4.69) is 22.0 Å². The van der Waals surface area contributed by atoms with Crippen molar-refractivity contribution in [1.82, 2.24) is 0 Å². The second-order valence-corrected chi connectivity index (χ2v) is 4.73. The van der Waals surface area contributed by atoms with Crippen molar-refractivity contribution in [2.24, 2.45) is 0 Å². The van der Waals surface area contributed by atoms with Crippen molar-refractivity contribution in [1.29, 1.82) is 5.26 Å². The van der Waals surface area contributed by atoms with Crippen LogP contribution in [-0.2, 0) is 6.42 Å². The van der Waals surface area contributed by atoms with Gasteiger partial charge < -0.3 is 5.73 Å². The van der Waals surface area contributed by atoms with Crippen LogP contribution >= 0.6 is 15.9 Å². The molecule has 2 rings (SSSR count). The number of hydrogen-bond acceptors (Lipinski definition) is 2. The van der Waals surface area contributed by atoms with E-state index in [0.717, 1.165) is 5.56 Å². The molecule has 4 heteroatoms. The molecule has 2 N–H and O–H groups in total. The molecule has 0 radical (unpaired) electrons. The van der Waals surface area contributed by atoms with Crippen molar-refractivity contribution in [2.45, 2.75) is 6.42 Å². The summed E-state index contributed by atoms with van der Waals surface area (Å²) in [5, 5.41) is 9.01. The van der Waals surface area contributed by atoms with Gasteiger partial charge in [-0.15, -0.1) is 0 Å². The monoisotopic (exact) mass is 304 g/mol. The van der Waals surface area contributed by atoms with Gasteiger partial charge >= 0.3 is 0 Å². The molecule has 0 spiro atoms. The van der Waals surface area contributed by atoms with E-state index in [9.17, 15) is 4.39 Å². The average Bonchev–Trinajstić information content (AvgIpc) is 2.39. The van der Waals surface area contributed by atoms with Crippen LogP contribution in [0.2, 0.25) is 0 Å². The Morgan fingerprint density at radius 1 is 1.22 bits per heavy atom. The molecule has 0 aliphatic rings. The van der Waals surface area contributed by atoms with Crippen molar-refractivity contribution in [3.63, 3.8) is 0 Å². The van der Waals surface area contributed by atoms with E-state index in [4.69, 9.17) is 11.0 Å². The number of nitrogens with two attached hydrogens (primary N) is 1. The normalized spacial score (nSPS) is 10.1. The summed E-state index contributed by atoms with van der Waals surface area (Å²) >= 11 is 3.31. The molecule has 0 aliphatic carbocycles. The Hall–Kier alpha value is -1.86. The third-order valence-corrected chi connectivity index (χ3v) is 3.46. The molecule has 0 saturated heterocycles. The number of nitrogen functional groups attached to an aromatic ring is 1. The highest BCUT2D eigenvalue weighted by molar-refractivity contribution is 9.10. The lowest BCUT2D eigenvalue weighted by Gasteiger charge is -2.09. The Bertz CT molecular complexity index is 632. The van der Waals surface area contributed by atoms with Gasteiger partial charge in [-0.25, -0.2) is 4.39 Å². The van der Waals surface area contributed by atoms with Crippen molar-refractivity contribution in [2.75, 3.05) is 5.73 Å². The van der Waals surface area contributed by atoms with E-state index in [1.807, 2.05) is 12.1 Å². The summed E-state index contributed by atoms with van der Waals surface area (Å²) in [7, 11) is 0. The molecular weight excluding hydrogens is 295 g/mol. The number of nitrogens with zero attached hydrogens (tertiary/aromatic N) is 1. The SMILES string of the molecule is N#Cc1ccccc1Cc1c(Br)ccc(N)c1F. The van der Waals surface area contributed by atoms with Gasteiger partial charge in [-0.3, -0.25) is 0 Å². The highest BCUT2D eigenvalue weighted by Gasteiger charge is 2.12. The van der Waals surface area contributed by atoms with Crippen LogP contribution in [0.5, 0.6) is 0 Å². The van der Waals surface area contributed by atoms with Crippen molar-refractivity contribution in [3.8, 4) is 6.07 Å². The number of anilines is 1. The zero-order chi connectivity index (χ0) is 13.1. The van der Waals surface area contributed by atoms with Crippen LogP contribution in [0.3, 0.4) is 0 Å². The van der Waals surface area contributed by atoms with Gasteiger partial charge in [0.05, 0.1) is 17.3 Å². The Kier molecular flexibility index (Phi) is 3.63. The molecule has 2 nitrogen and oxygen atoms in total. The van der Waals surface area contributed by atoms with Crippen molar-refractivity contribution >= 4 is 21.6 Å². The molecule has 0 aliphatic heterocycles. The number of nitriles is 1. The first-order valence-electron chi connectivity index (χ1n) is 5.34. The van der Waals surface area contributed by atoms with E-state index < -0.39 is 5.82 Å². The summed E-state index contributed by atoms with van der Waals surface area (Å²) in [5.74, 6) is -0.433. The maximum absolute atomic E-state index is 13.9. The fourth-order valence-corrected chi connectivity index (χ4v) is 2.20. The fraction of sp³-hybridized carbons (Fsp3) is 0.0714. The number of rotatable bonds is 2. The Morgan fingerprint density at radius 2 is 1.94 bits per heavy atom. The molecule has 0 bridgehead atoms. The van der Waals surface area contributed by atoms with Gasteiger partial charge in [0.25, 0.3) is 0 Å². The average molecular weight is 305 g/mol. The second-order valence-electron chi connectivity index (χ2n) is 3.87. The van der Waals surface area contributed by atoms with Crippen LogP contribution in [0.4, 0.5) is 10.1 Å². The first kappa shape index (κ1) is 12.6. The van der Waals surface area contributed by atoms with Gasteiger partial charge in [0.15, 0.2) is 5.82 Å². The Labute approximate surface area is 113 Å². The van der Waals surface area contributed by atoms with Gasteiger partial charge in [0, 0.05) is 16.5 Å². The molecule has 90 valence electrons. The third kappa shape index (κ3) is 2.36. The van der Waals surface area contributed by atoms with Crippen LogP contribution in [-0.4, -0.2) is 0 Å². The minimum absolute atomic E-state index is 0.114. The van der Waals surface area contributed by atoms with Crippen LogP contribution in [0, 0.1) is 17.1 Å². The van der Waals surface area contributed by atoms with Crippen LogP contribution in [0.25, 0.3) is 0 Å². The van der Waals surface area contributed by atoms with Gasteiger partial charge in [-0.05, 0) is 23.8 Å². The zero-order valence-electron chi connectivity index (χ0n) is 9.45. The predicted molar refractivity (Wildman–Crippen MR) is 72.5 cm³/mol. The molecule has 0 heterocycles. The number of halogens is 2. The first-order valence-corrected chi connectivity index (χ1v) is 6.13. The summed E-state index contributed by atoms with van der Waals surface area (Å²) in [5.41, 5.74) is 7.47. The summed E-state index contributed by atoms with van der Waals surface area (Å²) in [6, 6.07) is 12.5. The van der Waals surface area contributed by atoms with E-state index in [1.165, 1.54) is 6.07 Å². The lowest BCUT2D eigenvalue weighted by molar-refractivity contribution is 0.617. The first-order chi connectivity index (χ1) is 8.63.